The zero-order valence-corrected chi connectivity index (χ0v) is 12.4. The Labute approximate surface area is 127 Å². The molecule has 0 aliphatic carbocycles. The van der Waals surface area contributed by atoms with Crippen molar-refractivity contribution >= 4 is 35.0 Å². The van der Waals surface area contributed by atoms with Crippen molar-refractivity contribution < 1.29 is 19.2 Å². The quantitative estimate of drug-likeness (QED) is 0.389. The molecule has 0 aliphatic rings. The summed E-state index contributed by atoms with van der Waals surface area (Å²) in [6.45, 7) is 2.79. The first-order chi connectivity index (χ1) is 10.3. The number of imide groups is 1. The number of rotatable bonds is 4. The van der Waals surface area contributed by atoms with Gasteiger partial charge >= 0.3 is 11.8 Å². The molecule has 1 aromatic carbocycles. The number of nitrogens with two attached hydrogens (primary N) is 1. The highest BCUT2D eigenvalue weighted by Gasteiger charge is 2.26. The number of anilines is 2. The average Bonchev–Trinajstić information content (AvgIpc) is 2.45. The Balaban J connectivity index is 2.73. The van der Waals surface area contributed by atoms with Gasteiger partial charge in [0.25, 0.3) is 0 Å². The molecule has 118 valence electrons. The molecule has 0 aromatic heterocycles. The Morgan fingerprint density at radius 3 is 2.05 bits per heavy atom. The van der Waals surface area contributed by atoms with E-state index in [2.05, 4.69) is 10.6 Å². The summed E-state index contributed by atoms with van der Waals surface area (Å²) in [4.78, 5) is 46.9. The number of amides is 4. The molecule has 8 nitrogen and oxygen atoms in total. The Kier molecular flexibility index (Phi) is 6.06. The molecule has 0 spiro atoms. The first kappa shape index (κ1) is 17.2. The van der Waals surface area contributed by atoms with Crippen LogP contribution >= 0.6 is 0 Å². The van der Waals surface area contributed by atoms with Gasteiger partial charge in [0.1, 0.15) is 0 Å². The third-order valence-electron chi connectivity index (χ3n) is 2.65. The van der Waals surface area contributed by atoms with Crippen LogP contribution in [-0.2, 0) is 19.2 Å². The minimum absolute atomic E-state index is 0.0810. The van der Waals surface area contributed by atoms with Crippen molar-refractivity contribution in [3.8, 4) is 0 Å². The van der Waals surface area contributed by atoms with Gasteiger partial charge in [-0.2, -0.15) is 0 Å². The zero-order valence-electron chi connectivity index (χ0n) is 12.4. The summed E-state index contributed by atoms with van der Waals surface area (Å²) >= 11 is 0. The van der Waals surface area contributed by atoms with E-state index >= 15 is 0 Å². The minimum atomic E-state index is -1.000. The maximum Gasteiger partial charge on any atom is 0.323 e. The number of carbonyl (C=O) groups excluding carboxylic acids is 4. The van der Waals surface area contributed by atoms with Crippen molar-refractivity contribution in [2.24, 2.45) is 0 Å². The summed E-state index contributed by atoms with van der Waals surface area (Å²) in [6, 6.07) is 5.99. The zero-order chi connectivity index (χ0) is 16.7. The van der Waals surface area contributed by atoms with Gasteiger partial charge in [-0.3, -0.25) is 19.2 Å². The van der Waals surface area contributed by atoms with Crippen LogP contribution in [0.3, 0.4) is 0 Å². The molecular formula is C14H18N4O4. The van der Waals surface area contributed by atoms with Crippen LogP contribution in [0.1, 0.15) is 13.8 Å². The average molecular weight is 306 g/mol. The van der Waals surface area contributed by atoms with E-state index in [1.807, 2.05) is 0 Å². The van der Waals surface area contributed by atoms with E-state index in [1.54, 1.807) is 0 Å². The largest absolute Gasteiger partial charge is 0.399 e. The second-order valence-electron chi connectivity index (χ2n) is 4.49. The van der Waals surface area contributed by atoms with E-state index in [4.69, 9.17) is 5.73 Å². The molecule has 0 aliphatic heterocycles. The van der Waals surface area contributed by atoms with Crippen molar-refractivity contribution in [3.63, 3.8) is 0 Å². The molecule has 0 saturated heterocycles. The molecule has 8 heteroatoms. The van der Waals surface area contributed by atoms with Gasteiger partial charge in [0.05, 0.1) is 5.69 Å². The lowest BCUT2D eigenvalue weighted by Gasteiger charge is -2.18. The fraction of sp³-hybridized carbons (Fsp3) is 0.286. The summed E-state index contributed by atoms with van der Waals surface area (Å²) in [5, 5.41) is 4.80. The number of carbonyl (C=O) groups is 4. The smallest absolute Gasteiger partial charge is 0.323 e. The number of nitrogen functional groups attached to an aromatic ring is 1. The fourth-order valence-electron chi connectivity index (χ4n) is 1.66. The van der Waals surface area contributed by atoms with Gasteiger partial charge in [-0.25, -0.2) is 4.90 Å². The minimum Gasteiger partial charge on any atom is -0.399 e. The van der Waals surface area contributed by atoms with Gasteiger partial charge in [0, 0.05) is 32.6 Å². The number of nitrogens with zero attached hydrogens (tertiary/aromatic N) is 1. The van der Waals surface area contributed by atoms with Gasteiger partial charge in [-0.05, 0) is 24.3 Å². The molecule has 4 amide bonds. The Hall–Kier alpha value is -2.90. The normalized spacial score (nSPS) is 9.73. The highest BCUT2D eigenvalue weighted by atomic mass is 16.2. The number of nitrogens with one attached hydrogen (secondary N) is 2. The highest BCUT2D eigenvalue weighted by Crippen LogP contribution is 2.16. The molecule has 0 saturated carbocycles. The van der Waals surface area contributed by atoms with E-state index in [1.165, 1.54) is 38.1 Å². The third-order valence-corrected chi connectivity index (χ3v) is 2.65. The SMILES string of the molecule is CC(=O)NCCNC(=O)C(=O)N(C(C)=O)c1ccc(N)cc1. The van der Waals surface area contributed by atoms with Crippen LogP contribution in [0.5, 0.6) is 0 Å². The summed E-state index contributed by atoms with van der Waals surface area (Å²) in [6.07, 6.45) is 0. The Morgan fingerprint density at radius 2 is 1.55 bits per heavy atom. The van der Waals surface area contributed by atoms with E-state index in [-0.39, 0.29) is 24.7 Å². The van der Waals surface area contributed by atoms with Crippen LogP contribution in [0.15, 0.2) is 24.3 Å². The van der Waals surface area contributed by atoms with Gasteiger partial charge < -0.3 is 16.4 Å². The molecule has 0 unspecified atom stereocenters. The maximum absolute atomic E-state index is 12.1. The number of hydrogen-bond acceptors (Lipinski definition) is 5. The molecule has 1 aromatic rings. The lowest BCUT2D eigenvalue weighted by Crippen LogP contribution is -2.47. The first-order valence-corrected chi connectivity index (χ1v) is 6.55. The van der Waals surface area contributed by atoms with Crippen molar-refractivity contribution in [2.75, 3.05) is 23.7 Å². The molecule has 0 heterocycles. The third kappa shape index (κ3) is 4.89. The van der Waals surface area contributed by atoms with Crippen LogP contribution in [0.4, 0.5) is 11.4 Å². The lowest BCUT2D eigenvalue weighted by molar-refractivity contribution is -0.139. The predicted molar refractivity (Wildman–Crippen MR) is 80.7 cm³/mol. The van der Waals surface area contributed by atoms with Gasteiger partial charge in [0.2, 0.25) is 11.8 Å². The fourth-order valence-corrected chi connectivity index (χ4v) is 1.66. The number of hydrogen-bond donors (Lipinski definition) is 3. The van der Waals surface area contributed by atoms with Crippen molar-refractivity contribution in [1.82, 2.24) is 10.6 Å². The molecule has 0 radical (unpaired) electrons. The van der Waals surface area contributed by atoms with E-state index in [0.717, 1.165) is 4.90 Å². The van der Waals surface area contributed by atoms with Crippen LogP contribution in [0, 0.1) is 0 Å². The van der Waals surface area contributed by atoms with Gasteiger partial charge in [0.15, 0.2) is 0 Å². The molecule has 0 fully saturated rings. The highest BCUT2D eigenvalue weighted by molar-refractivity contribution is 6.45. The predicted octanol–water partition coefficient (Wildman–Crippen LogP) is -0.599. The standard InChI is InChI=1S/C14H18N4O4/c1-9(19)16-7-8-17-13(21)14(22)18(10(2)20)12-5-3-11(15)4-6-12/h3-6H,7-8,15H2,1-2H3,(H,16,19)(H,17,21). The second-order valence-corrected chi connectivity index (χ2v) is 4.49. The summed E-state index contributed by atoms with van der Waals surface area (Å²) in [5.74, 6) is -2.77. The molecule has 4 N–H and O–H groups in total. The maximum atomic E-state index is 12.1. The van der Waals surface area contributed by atoms with Gasteiger partial charge in [-0.1, -0.05) is 0 Å². The van der Waals surface area contributed by atoms with Crippen LogP contribution in [0.25, 0.3) is 0 Å². The second kappa shape index (κ2) is 7.77. The molecule has 22 heavy (non-hydrogen) atoms. The van der Waals surface area contributed by atoms with Crippen LogP contribution in [-0.4, -0.2) is 36.7 Å². The molecule has 0 bridgehead atoms. The van der Waals surface area contributed by atoms with Crippen LogP contribution in [0.2, 0.25) is 0 Å². The molecular weight excluding hydrogens is 288 g/mol. The van der Waals surface area contributed by atoms with E-state index < -0.39 is 17.7 Å². The first-order valence-electron chi connectivity index (χ1n) is 6.55. The van der Waals surface area contributed by atoms with E-state index in [0.29, 0.717) is 5.69 Å². The summed E-state index contributed by atoms with van der Waals surface area (Å²) in [7, 11) is 0. The molecule has 1 rings (SSSR count). The molecule has 0 atom stereocenters. The monoisotopic (exact) mass is 306 g/mol. The Bertz CT molecular complexity index is 583. The topological polar surface area (TPSA) is 122 Å². The van der Waals surface area contributed by atoms with Crippen molar-refractivity contribution in [1.29, 1.82) is 0 Å². The van der Waals surface area contributed by atoms with Crippen LogP contribution < -0.4 is 21.3 Å². The van der Waals surface area contributed by atoms with Crippen molar-refractivity contribution in [2.45, 2.75) is 13.8 Å². The summed E-state index contributed by atoms with van der Waals surface area (Å²) in [5.41, 5.74) is 6.27. The van der Waals surface area contributed by atoms with E-state index in [9.17, 15) is 19.2 Å². The van der Waals surface area contributed by atoms with Crippen molar-refractivity contribution in [3.05, 3.63) is 24.3 Å². The number of benzene rings is 1. The van der Waals surface area contributed by atoms with Gasteiger partial charge in [-0.15, -0.1) is 0 Å². The summed E-state index contributed by atoms with van der Waals surface area (Å²) < 4.78 is 0. The lowest BCUT2D eigenvalue weighted by atomic mass is 10.2. The Morgan fingerprint density at radius 1 is 1.00 bits per heavy atom.